The minimum Gasteiger partial charge on any atom is -0.487 e. The summed E-state index contributed by atoms with van der Waals surface area (Å²) >= 11 is 1.52. The van der Waals surface area contributed by atoms with Crippen molar-refractivity contribution in [1.82, 2.24) is 4.98 Å². The molecule has 1 aromatic heterocycles. The molecule has 0 fully saturated rings. The summed E-state index contributed by atoms with van der Waals surface area (Å²) in [6.07, 6.45) is -0.0372. The van der Waals surface area contributed by atoms with Gasteiger partial charge in [0.15, 0.2) is 0 Å². The maximum Gasteiger partial charge on any atom is 0.269 e. The first-order valence-corrected chi connectivity index (χ1v) is 7.24. The van der Waals surface area contributed by atoms with E-state index in [0.29, 0.717) is 12.4 Å². The molecule has 0 bridgehead atoms. The van der Waals surface area contributed by atoms with E-state index in [2.05, 4.69) is 4.98 Å². The highest BCUT2D eigenvalue weighted by atomic mass is 32.1. The predicted molar refractivity (Wildman–Crippen MR) is 79.7 cm³/mol. The number of nitrogens with zero attached hydrogens (tertiary/aromatic N) is 2. The SMILES string of the molecule is CO[C@H](C)c1nc(COc2ccc([N+](=O)[O-])cc2C)cs1. The van der Waals surface area contributed by atoms with Gasteiger partial charge in [-0.05, 0) is 25.5 Å². The number of thiazole rings is 1. The molecule has 21 heavy (non-hydrogen) atoms. The fourth-order valence-corrected chi connectivity index (χ4v) is 2.57. The van der Waals surface area contributed by atoms with Crippen molar-refractivity contribution < 1.29 is 14.4 Å². The minimum absolute atomic E-state index is 0.0372. The second-order valence-corrected chi connectivity index (χ2v) is 5.44. The molecule has 0 saturated carbocycles. The van der Waals surface area contributed by atoms with Crippen LogP contribution in [0.25, 0.3) is 0 Å². The Balaban J connectivity index is 2.03. The van der Waals surface area contributed by atoms with E-state index in [-0.39, 0.29) is 11.8 Å². The Morgan fingerprint density at radius 2 is 2.24 bits per heavy atom. The van der Waals surface area contributed by atoms with E-state index in [9.17, 15) is 10.1 Å². The molecule has 1 heterocycles. The van der Waals surface area contributed by atoms with Gasteiger partial charge in [0.1, 0.15) is 23.5 Å². The summed E-state index contributed by atoms with van der Waals surface area (Å²) in [6.45, 7) is 4.04. The topological polar surface area (TPSA) is 74.5 Å². The number of ether oxygens (including phenoxy) is 2. The highest BCUT2D eigenvalue weighted by Gasteiger charge is 2.11. The second kappa shape index (κ2) is 6.64. The number of benzene rings is 1. The molecule has 2 rings (SSSR count). The van der Waals surface area contributed by atoms with Gasteiger partial charge in [0.05, 0.1) is 10.6 Å². The van der Waals surface area contributed by atoms with Crippen molar-refractivity contribution in [3.63, 3.8) is 0 Å². The Kier molecular flexibility index (Phi) is 4.87. The average molecular weight is 308 g/mol. The summed E-state index contributed by atoms with van der Waals surface area (Å²) in [7, 11) is 1.64. The second-order valence-electron chi connectivity index (χ2n) is 4.55. The first-order valence-electron chi connectivity index (χ1n) is 6.36. The number of hydrogen-bond donors (Lipinski definition) is 0. The Hall–Kier alpha value is -1.99. The van der Waals surface area contributed by atoms with Crippen molar-refractivity contribution in [2.75, 3.05) is 7.11 Å². The number of methoxy groups -OCH3 is 1. The summed E-state index contributed by atoms with van der Waals surface area (Å²) in [5.74, 6) is 0.620. The fourth-order valence-electron chi connectivity index (χ4n) is 1.74. The summed E-state index contributed by atoms with van der Waals surface area (Å²) in [5.41, 5.74) is 1.60. The van der Waals surface area contributed by atoms with Crippen LogP contribution in [0.3, 0.4) is 0 Å². The van der Waals surface area contributed by atoms with Crippen molar-refractivity contribution in [3.05, 3.63) is 50.0 Å². The van der Waals surface area contributed by atoms with E-state index in [4.69, 9.17) is 9.47 Å². The van der Waals surface area contributed by atoms with E-state index in [0.717, 1.165) is 16.3 Å². The molecule has 2 aromatic rings. The largest absolute Gasteiger partial charge is 0.487 e. The summed E-state index contributed by atoms with van der Waals surface area (Å²) in [5, 5.41) is 13.5. The number of hydrogen-bond acceptors (Lipinski definition) is 6. The van der Waals surface area contributed by atoms with E-state index in [1.54, 1.807) is 20.1 Å². The molecule has 0 N–H and O–H groups in total. The molecule has 1 atom stereocenters. The highest BCUT2D eigenvalue weighted by Crippen LogP contribution is 2.25. The number of non-ortho nitro benzene ring substituents is 1. The van der Waals surface area contributed by atoms with Crippen LogP contribution < -0.4 is 4.74 Å². The van der Waals surface area contributed by atoms with Crippen molar-refractivity contribution >= 4 is 17.0 Å². The van der Waals surface area contributed by atoms with Gasteiger partial charge in [-0.2, -0.15) is 0 Å². The third-order valence-electron chi connectivity index (χ3n) is 3.02. The normalized spacial score (nSPS) is 12.1. The molecule has 0 unspecified atom stereocenters. The monoisotopic (exact) mass is 308 g/mol. The van der Waals surface area contributed by atoms with Crippen LogP contribution in [0.5, 0.6) is 5.75 Å². The van der Waals surface area contributed by atoms with Gasteiger partial charge in [-0.25, -0.2) is 4.98 Å². The molecular formula is C14H16N2O4S. The molecule has 0 saturated heterocycles. The van der Waals surface area contributed by atoms with Crippen LogP contribution in [-0.4, -0.2) is 17.0 Å². The Labute approximate surface area is 126 Å². The van der Waals surface area contributed by atoms with Crippen LogP contribution >= 0.6 is 11.3 Å². The first kappa shape index (κ1) is 15.4. The van der Waals surface area contributed by atoms with Gasteiger partial charge < -0.3 is 9.47 Å². The van der Waals surface area contributed by atoms with E-state index >= 15 is 0 Å². The molecule has 0 amide bonds. The zero-order valence-electron chi connectivity index (χ0n) is 12.0. The van der Waals surface area contributed by atoms with Crippen molar-refractivity contribution in [3.8, 4) is 5.75 Å². The third kappa shape index (κ3) is 3.77. The van der Waals surface area contributed by atoms with Crippen LogP contribution in [0, 0.1) is 17.0 Å². The van der Waals surface area contributed by atoms with E-state index in [1.807, 2.05) is 12.3 Å². The van der Waals surface area contributed by atoms with Gasteiger partial charge in [-0.15, -0.1) is 11.3 Å². The van der Waals surface area contributed by atoms with Gasteiger partial charge in [-0.1, -0.05) is 0 Å². The molecule has 0 aliphatic rings. The van der Waals surface area contributed by atoms with Gasteiger partial charge in [-0.3, -0.25) is 10.1 Å². The van der Waals surface area contributed by atoms with E-state index in [1.165, 1.54) is 23.5 Å². The summed E-state index contributed by atoms with van der Waals surface area (Å²) in [4.78, 5) is 14.7. The smallest absolute Gasteiger partial charge is 0.269 e. The van der Waals surface area contributed by atoms with Crippen LogP contribution in [-0.2, 0) is 11.3 Å². The predicted octanol–water partition coefficient (Wildman–Crippen LogP) is 3.65. The first-order chi connectivity index (χ1) is 10.0. The molecule has 0 aliphatic heterocycles. The van der Waals surface area contributed by atoms with Crippen molar-refractivity contribution in [2.45, 2.75) is 26.6 Å². The number of rotatable bonds is 6. The standard InChI is InChI=1S/C14H16N2O4S/c1-9-6-12(16(17)18)4-5-13(9)20-7-11-8-21-14(15-11)10(2)19-3/h4-6,8,10H,7H2,1-3H3/t10-/m1/s1. The lowest BCUT2D eigenvalue weighted by Gasteiger charge is -2.07. The summed E-state index contributed by atoms with van der Waals surface area (Å²) in [6, 6.07) is 4.54. The Morgan fingerprint density at radius 3 is 2.86 bits per heavy atom. The summed E-state index contributed by atoms with van der Waals surface area (Å²) < 4.78 is 10.9. The van der Waals surface area contributed by atoms with Gasteiger partial charge in [0.25, 0.3) is 5.69 Å². The maximum absolute atomic E-state index is 10.7. The van der Waals surface area contributed by atoms with E-state index < -0.39 is 4.92 Å². The lowest BCUT2D eigenvalue weighted by atomic mass is 10.2. The molecule has 7 heteroatoms. The molecule has 112 valence electrons. The zero-order chi connectivity index (χ0) is 15.4. The minimum atomic E-state index is -0.421. The lowest BCUT2D eigenvalue weighted by Crippen LogP contribution is -2.00. The quantitative estimate of drug-likeness (QED) is 0.601. The van der Waals surface area contributed by atoms with Crippen molar-refractivity contribution in [1.29, 1.82) is 0 Å². The Bertz CT molecular complexity index is 642. The number of nitro groups is 1. The zero-order valence-corrected chi connectivity index (χ0v) is 12.8. The average Bonchev–Trinajstić information content (AvgIpc) is 2.93. The van der Waals surface area contributed by atoms with Gasteiger partial charge in [0.2, 0.25) is 0 Å². The highest BCUT2D eigenvalue weighted by molar-refractivity contribution is 7.09. The Morgan fingerprint density at radius 1 is 1.48 bits per heavy atom. The van der Waals surface area contributed by atoms with Crippen LogP contribution in [0.4, 0.5) is 5.69 Å². The van der Waals surface area contributed by atoms with Crippen LogP contribution in [0.1, 0.15) is 29.3 Å². The number of nitro benzene ring substituents is 1. The lowest BCUT2D eigenvalue weighted by molar-refractivity contribution is -0.384. The molecule has 0 aliphatic carbocycles. The molecular weight excluding hydrogens is 292 g/mol. The van der Waals surface area contributed by atoms with Crippen LogP contribution in [0.2, 0.25) is 0 Å². The molecule has 0 spiro atoms. The fraction of sp³-hybridized carbons (Fsp3) is 0.357. The number of aromatic nitrogens is 1. The number of aryl methyl sites for hydroxylation is 1. The van der Waals surface area contributed by atoms with Gasteiger partial charge in [0, 0.05) is 24.6 Å². The third-order valence-corrected chi connectivity index (χ3v) is 4.07. The van der Waals surface area contributed by atoms with Gasteiger partial charge >= 0.3 is 0 Å². The molecule has 0 radical (unpaired) electrons. The van der Waals surface area contributed by atoms with Crippen LogP contribution in [0.15, 0.2) is 23.6 Å². The molecule has 6 nitrogen and oxygen atoms in total. The molecule has 1 aromatic carbocycles. The van der Waals surface area contributed by atoms with Crippen molar-refractivity contribution in [2.24, 2.45) is 0 Å². The maximum atomic E-state index is 10.7.